The van der Waals surface area contributed by atoms with E-state index in [2.05, 4.69) is 0 Å². The molecule has 0 heterocycles. The van der Waals surface area contributed by atoms with Crippen LogP contribution >= 0.6 is 0 Å². The molecule has 0 radical (unpaired) electrons. The molecule has 0 saturated heterocycles. The molecule has 1 atom stereocenters. The molecule has 0 spiro atoms. The fourth-order valence-corrected chi connectivity index (χ4v) is 7.38. The third-order valence-corrected chi connectivity index (χ3v) is 8.97. The lowest BCUT2D eigenvalue weighted by atomic mass is 9.81. The molecule has 150 valence electrons. The maximum atomic E-state index is 12.9. The van der Waals surface area contributed by atoms with Gasteiger partial charge in [0.15, 0.2) is 19.7 Å². The largest absolute Gasteiger partial charge is 0.300 e. The number of Topliss-reactive ketones (excluding diaryl/α,β-unsaturated/α-hetero) is 1. The Bertz CT molecular complexity index is 941. The molecule has 5 nitrogen and oxygen atoms in total. The predicted molar refractivity (Wildman–Crippen MR) is 107 cm³/mol. The van der Waals surface area contributed by atoms with Crippen LogP contribution in [0, 0.1) is 11.8 Å². The second-order valence-electron chi connectivity index (χ2n) is 7.34. The first kappa shape index (κ1) is 20.7. The van der Waals surface area contributed by atoms with Crippen LogP contribution in [0.25, 0.3) is 0 Å². The second-order valence-corrected chi connectivity index (χ2v) is 11.4. The van der Waals surface area contributed by atoms with Crippen LogP contribution in [-0.2, 0) is 24.5 Å². The van der Waals surface area contributed by atoms with Gasteiger partial charge in [-0.3, -0.25) is 4.79 Å². The number of hydrogen-bond acceptors (Lipinski definition) is 5. The van der Waals surface area contributed by atoms with Gasteiger partial charge in [-0.15, -0.1) is 0 Å². The standard InChI is InChI=1S/C21H24O5S2/c22-19-9-7-8-17(14-19)18(15-27(23,24)20-10-3-1-4-11-20)16-28(25,26)21-12-5-2-6-13-21/h1-6,10-13,17-18H,7-9,14-16H2/t17-/m0/s1. The second kappa shape index (κ2) is 8.57. The van der Waals surface area contributed by atoms with Gasteiger partial charge in [-0.05, 0) is 48.9 Å². The zero-order valence-electron chi connectivity index (χ0n) is 15.5. The van der Waals surface area contributed by atoms with Crippen LogP contribution < -0.4 is 0 Å². The Morgan fingerprint density at radius 3 is 1.68 bits per heavy atom. The lowest BCUT2D eigenvalue weighted by Crippen LogP contribution is -2.33. The van der Waals surface area contributed by atoms with Gasteiger partial charge >= 0.3 is 0 Å². The number of carbonyl (C=O) groups is 1. The van der Waals surface area contributed by atoms with Crippen LogP contribution in [0.1, 0.15) is 25.7 Å². The van der Waals surface area contributed by atoms with Gasteiger partial charge in [0.2, 0.25) is 0 Å². The van der Waals surface area contributed by atoms with Crippen molar-refractivity contribution in [1.29, 1.82) is 0 Å². The molecule has 1 aliphatic rings. The Morgan fingerprint density at radius 1 is 0.786 bits per heavy atom. The lowest BCUT2D eigenvalue weighted by molar-refractivity contribution is -0.121. The van der Waals surface area contributed by atoms with Gasteiger partial charge in [-0.1, -0.05) is 36.4 Å². The number of rotatable bonds is 7. The van der Waals surface area contributed by atoms with Crippen LogP contribution in [-0.4, -0.2) is 34.1 Å². The molecular weight excluding hydrogens is 396 g/mol. The minimum Gasteiger partial charge on any atom is -0.300 e. The molecule has 3 rings (SSSR count). The molecule has 1 fully saturated rings. The fourth-order valence-electron chi connectivity index (χ4n) is 3.79. The smallest absolute Gasteiger partial charge is 0.178 e. The Balaban J connectivity index is 1.90. The molecule has 1 saturated carbocycles. The minimum absolute atomic E-state index is 0.0791. The Labute approximate surface area is 166 Å². The first-order valence-corrected chi connectivity index (χ1v) is 12.7. The van der Waals surface area contributed by atoms with Crippen molar-refractivity contribution >= 4 is 25.5 Å². The number of sulfone groups is 2. The highest BCUT2D eigenvalue weighted by Gasteiger charge is 2.35. The molecule has 0 N–H and O–H groups in total. The number of carbonyl (C=O) groups excluding carboxylic acids is 1. The molecule has 28 heavy (non-hydrogen) atoms. The van der Waals surface area contributed by atoms with Crippen molar-refractivity contribution in [3.05, 3.63) is 60.7 Å². The van der Waals surface area contributed by atoms with Crippen molar-refractivity contribution in [1.82, 2.24) is 0 Å². The van der Waals surface area contributed by atoms with Gasteiger partial charge < -0.3 is 0 Å². The van der Waals surface area contributed by atoms with Gasteiger partial charge in [-0.2, -0.15) is 0 Å². The van der Waals surface area contributed by atoms with Crippen LogP contribution in [0.4, 0.5) is 0 Å². The molecule has 0 bridgehead atoms. The van der Waals surface area contributed by atoms with Gasteiger partial charge in [0.25, 0.3) is 0 Å². The molecule has 0 unspecified atom stereocenters. The summed E-state index contributed by atoms with van der Waals surface area (Å²) in [6.07, 6.45) is 2.08. The lowest BCUT2D eigenvalue weighted by Gasteiger charge is -2.29. The average molecular weight is 421 g/mol. The molecule has 7 heteroatoms. The van der Waals surface area contributed by atoms with E-state index in [9.17, 15) is 21.6 Å². The van der Waals surface area contributed by atoms with E-state index in [1.54, 1.807) is 36.4 Å². The van der Waals surface area contributed by atoms with E-state index in [1.165, 1.54) is 24.3 Å². The summed E-state index contributed by atoms with van der Waals surface area (Å²) in [7, 11) is -7.31. The topological polar surface area (TPSA) is 85.3 Å². The first-order valence-electron chi connectivity index (χ1n) is 9.35. The highest BCUT2D eigenvalue weighted by atomic mass is 32.2. The summed E-state index contributed by atoms with van der Waals surface area (Å²) in [5, 5.41) is 0. The van der Waals surface area contributed by atoms with Crippen molar-refractivity contribution in [2.75, 3.05) is 11.5 Å². The van der Waals surface area contributed by atoms with Crippen LogP contribution in [0.2, 0.25) is 0 Å². The molecule has 2 aromatic rings. The number of hydrogen-bond donors (Lipinski definition) is 0. The summed E-state index contributed by atoms with van der Waals surface area (Å²) >= 11 is 0. The maximum absolute atomic E-state index is 12.9. The van der Waals surface area contributed by atoms with Gasteiger partial charge in [0.1, 0.15) is 5.78 Å². The van der Waals surface area contributed by atoms with Crippen molar-refractivity contribution < 1.29 is 21.6 Å². The maximum Gasteiger partial charge on any atom is 0.178 e. The quantitative estimate of drug-likeness (QED) is 0.686. The Kier molecular flexibility index (Phi) is 6.35. The van der Waals surface area contributed by atoms with Crippen LogP contribution in [0.3, 0.4) is 0 Å². The molecule has 0 aliphatic heterocycles. The summed E-state index contributed by atoms with van der Waals surface area (Å²) in [6, 6.07) is 16.1. The van der Waals surface area contributed by atoms with Crippen LogP contribution in [0.5, 0.6) is 0 Å². The molecule has 0 aromatic heterocycles. The number of benzene rings is 2. The van der Waals surface area contributed by atoms with E-state index in [0.717, 1.165) is 0 Å². The highest BCUT2D eigenvalue weighted by Crippen LogP contribution is 2.32. The summed E-state index contributed by atoms with van der Waals surface area (Å²) < 4.78 is 51.6. The van der Waals surface area contributed by atoms with E-state index in [1.807, 2.05) is 0 Å². The summed E-state index contributed by atoms with van der Waals surface area (Å²) in [6.45, 7) is 0. The van der Waals surface area contributed by atoms with Gasteiger partial charge in [0.05, 0.1) is 21.3 Å². The average Bonchev–Trinajstić information content (AvgIpc) is 2.68. The zero-order chi connectivity index (χ0) is 20.2. The van der Waals surface area contributed by atoms with E-state index in [0.29, 0.717) is 19.3 Å². The monoisotopic (exact) mass is 420 g/mol. The summed E-state index contributed by atoms with van der Waals surface area (Å²) in [5.41, 5.74) is 0. The Morgan fingerprint density at radius 2 is 1.25 bits per heavy atom. The van der Waals surface area contributed by atoms with Crippen LogP contribution in [0.15, 0.2) is 70.5 Å². The third-order valence-electron chi connectivity index (χ3n) is 5.26. The van der Waals surface area contributed by atoms with Crippen molar-refractivity contribution in [3.63, 3.8) is 0 Å². The first-order chi connectivity index (χ1) is 13.3. The minimum atomic E-state index is -3.66. The summed E-state index contributed by atoms with van der Waals surface area (Å²) in [5.74, 6) is -1.34. The highest BCUT2D eigenvalue weighted by molar-refractivity contribution is 7.92. The SMILES string of the molecule is O=C1CCC[C@H](C(CS(=O)(=O)c2ccccc2)CS(=O)(=O)c2ccccc2)C1. The normalized spacial score (nSPS) is 18.3. The number of ketones is 1. The Hall–Kier alpha value is -1.99. The van der Waals surface area contributed by atoms with Crippen molar-refractivity contribution in [2.24, 2.45) is 11.8 Å². The van der Waals surface area contributed by atoms with E-state index < -0.39 is 25.6 Å². The predicted octanol–water partition coefficient (Wildman–Crippen LogP) is 3.31. The molecule has 2 aromatic carbocycles. The fraction of sp³-hybridized carbons (Fsp3) is 0.381. The van der Waals surface area contributed by atoms with E-state index in [-0.39, 0.29) is 39.4 Å². The molecule has 0 amide bonds. The van der Waals surface area contributed by atoms with Gasteiger partial charge in [0, 0.05) is 12.8 Å². The van der Waals surface area contributed by atoms with E-state index >= 15 is 0 Å². The molecule has 1 aliphatic carbocycles. The van der Waals surface area contributed by atoms with Crippen molar-refractivity contribution in [3.8, 4) is 0 Å². The third kappa shape index (κ3) is 5.08. The molecular formula is C21H24O5S2. The zero-order valence-corrected chi connectivity index (χ0v) is 17.2. The van der Waals surface area contributed by atoms with Gasteiger partial charge in [-0.25, -0.2) is 16.8 Å². The van der Waals surface area contributed by atoms with Crippen molar-refractivity contribution in [2.45, 2.75) is 35.5 Å². The summed E-state index contributed by atoms with van der Waals surface area (Å²) in [4.78, 5) is 12.3. The van der Waals surface area contributed by atoms with E-state index in [4.69, 9.17) is 0 Å².